The maximum absolute atomic E-state index is 11.5. The molecular formula is C13H12N2O2S. The number of amides is 1. The van der Waals surface area contributed by atoms with Crippen LogP contribution in [0.4, 0.5) is 5.69 Å². The summed E-state index contributed by atoms with van der Waals surface area (Å²) in [5, 5.41) is 4.77. The lowest BCUT2D eigenvalue weighted by Gasteiger charge is -2.09. The summed E-state index contributed by atoms with van der Waals surface area (Å²) in [7, 11) is 0. The van der Waals surface area contributed by atoms with Crippen LogP contribution in [0.25, 0.3) is 0 Å². The third-order valence-electron chi connectivity index (χ3n) is 2.87. The SMILES string of the molecule is Nc1cc2c(cc1OCc1cccs1)CNC2=O. The van der Waals surface area contributed by atoms with Crippen LogP contribution in [0.1, 0.15) is 20.8 Å². The molecule has 0 aliphatic carbocycles. The van der Waals surface area contributed by atoms with Crippen molar-refractivity contribution in [3.05, 3.63) is 45.6 Å². The van der Waals surface area contributed by atoms with Crippen molar-refractivity contribution in [1.82, 2.24) is 5.32 Å². The Morgan fingerprint density at radius 1 is 1.44 bits per heavy atom. The summed E-state index contributed by atoms with van der Waals surface area (Å²) in [5.74, 6) is 0.570. The van der Waals surface area contributed by atoms with E-state index in [1.165, 1.54) is 0 Å². The lowest BCUT2D eigenvalue weighted by Crippen LogP contribution is -2.12. The first kappa shape index (κ1) is 11.1. The zero-order chi connectivity index (χ0) is 12.5. The maximum Gasteiger partial charge on any atom is 0.251 e. The van der Waals surface area contributed by atoms with Crippen LogP contribution in [0.5, 0.6) is 5.75 Å². The minimum absolute atomic E-state index is 0.0680. The molecule has 3 N–H and O–H groups in total. The Morgan fingerprint density at radius 2 is 2.33 bits per heavy atom. The highest BCUT2D eigenvalue weighted by molar-refractivity contribution is 7.09. The predicted molar refractivity (Wildman–Crippen MR) is 70.7 cm³/mol. The Hall–Kier alpha value is -2.01. The molecule has 92 valence electrons. The maximum atomic E-state index is 11.5. The van der Waals surface area contributed by atoms with Crippen molar-refractivity contribution in [3.8, 4) is 5.75 Å². The molecule has 1 aliphatic rings. The van der Waals surface area contributed by atoms with Gasteiger partial charge in [-0.2, -0.15) is 0 Å². The summed E-state index contributed by atoms with van der Waals surface area (Å²) in [6, 6.07) is 7.52. The first-order chi connectivity index (χ1) is 8.74. The van der Waals surface area contributed by atoms with Crippen LogP contribution in [0.2, 0.25) is 0 Å². The Morgan fingerprint density at radius 3 is 3.11 bits per heavy atom. The largest absolute Gasteiger partial charge is 0.486 e. The lowest BCUT2D eigenvalue weighted by molar-refractivity contribution is 0.0966. The molecule has 0 unspecified atom stereocenters. The monoisotopic (exact) mass is 260 g/mol. The molecule has 2 heterocycles. The number of hydrogen-bond acceptors (Lipinski definition) is 4. The molecule has 0 saturated heterocycles. The first-order valence-electron chi connectivity index (χ1n) is 5.60. The van der Waals surface area contributed by atoms with Gasteiger partial charge in [0.25, 0.3) is 5.91 Å². The zero-order valence-corrected chi connectivity index (χ0v) is 10.4. The number of hydrogen-bond donors (Lipinski definition) is 2. The molecular weight excluding hydrogens is 248 g/mol. The van der Waals surface area contributed by atoms with Gasteiger partial charge < -0.3 is 15.8 Å². The third-order valence-corrected chi connectivity index (χ3v) is 3.72. The highest BCUT2D eigenvalue weighted by Gasteiger charge is 2.20. The van der Waals surface area contributed by atoms with E-state index < -0.39 is 0 Å². The van der Waals surface area contributed by atoms with Gasteiger partial charge in [-0.15, -0.1) is 11.3 Å². The number of anilines is 1. The molecule has 0 fully saturated rings. The third kappa shape index (κ3) is 1.93. The number of rotatable bonds is 3. The van der Waals surface area contributed by atoms with E-state index in [1.54, 1.807) is 17.4 Å². The Labute approximate surface area is 108 Å². The molecule has 0 spiro atoms. The van der Waals surface area contributed by atoms with Gasteiger partial charge in [0.15, 0.2) is 0 Å². The molecule has 4 nitrogen and oxygen atoms in total. The first-order valence-corrected chi connectivity index (χ1v) is 6.48. The smallest absolute Gasteiger partial charge is 0.251 e. The van der Waals surface area contributed by atoms with Crippen molar-refractivity contribution in [2.75, 3.05) is 5.73 Å². The van der Waals surface area contributed by atoms with Crippen LogP contribution in [-0.2, 0) is 13.2 Å². The van der Waals surface area contributed by atoms with E-state index in [1.807, 2.05) is 23.6 Å². The summed E-state index contributed by atoms with van der Waals surface area (Å²) < 4.78 is 5.69. The van der Waals surface area contributed by atoms with E-state index in [9.17, 15) is 4.79 Å². The second-order valence-electron chi connectivity index (χ2n) is 4.10. The van der Waals surface area contributed by atoms with Crippen molar-refractivity contribution in [2.45, 2.75) is 13.2 Å². The van der Waals surface area contributed by atoms with Crippen molar-refractivity contribution in [3.63, 3.8) is 0 Å². The van der Waals surface area contributed by atoms with Gasteiger partial charge >= 0.3 is 0 Å². The van der Waals surface area contributed by atoms with Crippen molar-refractivity contribution >= 4 is 22.9 Å². The van der Waals surface area contributed by atoms with E-state index >= 15 is 0 Å². The number of ether oxygens (including phenoxy) is 1. The summed E-state index contributed by atoms with van der Waals surface area (Å²) in [6.45, 7) is 1.05. The molecule has 1 aliphatic heterocycles. The van der Waals surface area contributed by atoms with Gasteiger partial charge in [0, 0.05) is 17.0 Å². The van der Waals surface area contributed by atoms with Gasteiger partial charge in [0.2, 0.25) is 0 Å². The molecule has 18 heavy (non-hydrogen) atoms. The molecule has 0 atom stereocenters. The number of thiophene rings is 1. The Bertz CT molecular complexity index is 593. The second-order valence-corrected chi connectivity index (χ2v) is 5.13. The van der Waals surface area contributed by atoms with Crippen LogP contribution in [-0.4, -0.2) is 5.91 Å². The van der Waals surface area contributed by atoms with E-state index in [2.05, 4.69) is 5.32 Å². The van der Waals surface area contributed by atoms with E-state index in [0.29, 0.717) is 30.2 Å². The molecule has 3 rings (SSSR count). The van der Waals surface area contributed by atoms with Crippen molar-refractivity contribution in [2.24, 2.45) is 0 Å². The van der Waals surface area contributed by atoms with Crippen LogP contribution in [0.15, 0.2) is 29.6 Å². The highest BCUT2D eigenvalue weighted by atomic mass is 32.1. The fraction of sp³-hybridized carbons (Fsp3) is 0.154. The topological polar surface area (TPSA) is 64.3 Å². The predicted octanol–water partition coefficient (Wildman–Crippen LogP) is 2.15. The number of nitrogens with two attached hydrogens (primary N) is 1. The molecule has 5 heteroatoms. The number of carbonyl (C=O) groups excluding carboxylic acids is 1. The van der Waals surface area contributed by atoms with Gasteiger partial charge in [-0.1, -0.05) is 6.07 Å². The fourth-order valence-electron chi connectivity index (χ4n) is 1.94. The summed E-state index contributed by atoms with van der Waals surface area (Å²) in [5.41, 5.74) is 7.99. The number of nitrogen functional groups attached to an aromatic ring is 1. The van der Waals surface area contributed by atoms with Gasteiger partial charge in [-0.3, -0.25) is 4.79 Å². The molecule has 1 aromatic heterocycles. The second kappa shape index (κ2) is 4.34. The van der Waals surface area contributed by atoms with Gasteiger partial charge in [0.1, 0.15) is 12.4 Å². The average molecular weight is 260 g/mol. The van der Waals surface area contributed by atoms with Crippen LogP contribution in [0.3, 0.4) is 0 Å². The number of fused-ring (bicyclic) bond motifs is 1. The Balaban J connectivity index is 1.83. The summed E-state index contributed by atoms with van der Waals surface area (Å²) in [6.07, 6.45) is 0. The van der Waals surface area contributed by atoms with E-state index in [-0.39, 0.29) is 5.91 Å². The van der Waals surface area contributed by atoms with E-state index in [0.717, 1.165) is 10.4 Å². The van der Waals surface area contributed by atoms with Crippen LogP contribution >= 0.6 is 11.3 Å². The standard InChI is InChI=1S/C13H12N2O2S/c14-11-5-10-8(6-15-13(10)16)4-12(11)17-7-9-2-1-3-18-9/h1-5H,6-7,14H2,(H,15,16). The minimum atomic E-state index is -0.0680. The molecule has 0 bridgehead atoms. The van der Waals surface area contributed by atoms with Gasteiger partial charge in [-0.05, 0) is 29.1 Å². The quantitative estimate of drug-likeness (QED) is 0.831. The number of carbonyl (C=O) groups is 1. The van der Waals surface area contributed by atoms with E-state index in [4.69, 9.17) is 10.5 Å². The zero-order valence-electron chi connectivity index (χ0n) is 9.60. The highest BCUT2D eigenvalue weighted by Crippen LogP contribution is 2.29. The van der Waals surface area contributed by atoms with Crippen molar-refractivity contribution in [1.29, 1.82) is 0 Å². The lowest BCUT2D eigenvalue weighted by atomic mass is 10.1. The molecule has 2 aromatic rings. The van der Waals surface area contributed by atoms with Gasteiger partial charge in [-0.25, -0.2) is 0 Å². The summed E-state index contributed by atoms with van der Waals surface area (Å²) >= 11 is 1.64. The Kier molecular flexibility index (Phi) is 2.68. The molecule has 1 aromatic carbocycles. The van der Waals surface area contributed by atoms with Crippen LogP contribution in [0, 0.1) is 0 Å². The van der Waals surface area contributed by atoms with Gasteiger partial charge in [0.05, 0.1) is 5.69 Å². The average Bonchev–Trinajstić information content (AvgIpc) is 2.98. The minimum Gasteiger partial charge on any atom is -0.486 e. The van der Waals surface area contributed by atoms with Crippen molar-refractivity contribution < 1.29 is 9.53 Å². The fourth-order valence-corrected chi connectivity index (χ4v) is 2.55. The van der Waals surface area contributed by atoms with Crippen LogP contribution < -0.4 is 15.8 Å². The molecule has 0 saturated carbocycles. The molecule has 0 radical (unpaired) electrons. The number of benzene rings is 1. The molecule has 1 amide bonds. The summed E-state index contributed by atoms with van der Waals surface area (Å²) in [4.78, 5) is 12.6. The normalized spacial score (nSPS) is 13.2. The number of nitrogens with one attached hydrogen (secondary N) is 1.